The van der Waals surface area contributed by atoms with Gasteiger partial charge in [-0.1, -0.05) is 13.8 Å². The van der Waals surface area contributed by atoms with E-state index in [1.807, 2.05) is 13.8 Å². The van der Waals surface area contributed by atoms with Crippen molar-refractivity contribution in [3.63, 3.8) is 0 Å². The largest absolute Gasteiger partial charge is 0.396 e. The lowest BCUT2D eigenvalue weighted by atomic mass is 9.80. The number of hydrogen-bond donors (Lipinski definition) is 3. The van der Waals surface area contributed by atoms with Crippen LogP contribution in [0.25, 0.3) is 0 Å². The minimum Gasteiger partial charge on any atom is -0.396 e. The van der Waals surface area contributed by atoms with Crippen LogP contribution in [-0.2, 0) is 0 Å². The molecule has 0 saturated heterocycles. The quantitative estimate of drug-likeness (QED) is 0.627. The zero-order chi connectivity index (χ0) is 13.0. The molecule has 0 aliphatic carbocycles. The van der Waals surface area contributed by atoms with Gasteiger partial charge >= 0.3 is 0 Å². The van der Waals surface area contributed by atoms with Crippen LogP contribution in [-0.4, -0.2) is 34.5 Å². The first kappa shape index (κ1) is 15.9. The summed E-state index contributed by atoms with van der Waals surface area (Å²) in [4.78, 5) is 0. The lowest BCUT2D eigenvalue weighted by Gasteiger charge is -2.41. The molecule has 0 amide bonds. The third-order valence-electron chi connectivity index (χ3n) is 4.27. The van der Waals surface area contributed by atoms with Gasteiger partial charge in [0.15, 0.2) is 0 Å². The lowest BCUT2D eigenvalue weighted by molar-refractivity contribution is -0.0141. The second-order valence-electron chi connectivity index (χ2n) is 5.90. The summed E-state index contributed by atoms with van der Waals surface area (Å²) < 4.78 is 0. The molecule has 3 N–H and O–H groups in total. The van der Waals surface area contributed by atoms with Crippen molar-refractivity contribution < 1.29 is 10.2 Å². The second-order valence-corrected chi connectivity index (χ2v) is 5.90. The number of aliphatic hydroxyl groups excluding tert-OH is 1. The van der Waals surface area contributed by atoms with Gasteiger partial charge in [-0.15, -0.1) is 0 Å². The number of nitrogens with one attached hydrogen (secondary N) is 1. The van der Waals surface area contributed by atoms with Crippen LogP contribution in [0.3, 0.4) is 0 Å². The summed E-state index contributed by atoms with van der Waals surface area (Å²) in [6.07, 6.45) is 1.88. The van der Waals surface area contributed by atoms with E-state index in [0.717, 1.165) is 19.4 Å². The molecule has 0 aromatic heterocycles. The molecule has 0 spiro atoms. The maximum atomic E-state index is 10.0. The van der Waals surface area contributed by atoms with Crippen LogP contribution in [0.5, 0.6) is 0 Å². The zero-order valence-corrected chi connectivity index (χ0v) is 11.7. The molecule has 0 unspecified atom stereocenters. The van der Waals surface area contributed by atoms with E-state index in [0.29, 0.717) is 0 Å². The molecule has 0 aromatic rings. The summed E-state index contributed by atoms with van der Waals surface area (Å²) in [5.74, 6) is 0. The van der Waals surface area contributed by atoms with Gasteiger partial charge in [0.05, 0.1) is 5.60 Å². The molecule has 16 heavy (non-hydrogen) atoms. The van der Waals surface area contributed by atoms with Gasteiger partial charge < -0.3 is 15.5 Å². The van der Waals surface area contributed by atoms with E-state index in [1.165, 1.54) is 0 Å². The van der Waals surface area contributed by atoms with E-state index in [4.69, 9.17) is 0 Å². The van der Waals surface area contributed by atoms with Crippen LogP contribution >= 0.6 is 0 Å². The molecule has 0 bridgehead atoms. The Hall–Kier alpha value is -0.120. The Balaban J connectivity index is 4.54. The zero-order valence-electron chi connectivity index (χ0n) is 11.7. The molecule has 0 aromatic carbocycles. The third-order valence-corrected chi connectivity index (χ3v) is 4.27. The molecule has 0 aliphatic rings. The number of rotatable bonds is 7. The molecule has 0 atom stereocenters. The highest BCUT2D eigenvalue weighted by Crippen LogP contribution is 2.27. The molecule has 0 saturated carbocycles. The Labute approximate surface area is 100 Å². The van der Waals surface area contributed by atoms with Crippen molar-refractivity contribution in [1.29, 1.82) is 0 Å². The Morgan fingerprint density at radius 3 is 1.69 bits per heavy atom. The SMILES string of the molecule is CCC(CC)(CO)CNC(C)(C)C(C)(C)O. The topological polar surface area (TPSA) is 52.5 Å². The molecule has 3 heteroatoms. The normalized spacial score (nSPS) is 14.2. The minimum absolute atomic E-state index is 0.0669. The fourth-order valence-electron chi connectivity index (χ4n) is 1.40. The van der Waals surface area contributed by atoms with Gasteiger partial charge in [-0.25, -0.2) is 0 Å². The highest BCUT2D eigenvalue weighted by molar-refractivity contribution is 4.95. The van der Waals surface area contributed by atoms with Crippen molar-refractivity contribution >= 4 is 0 Å². The van der Waals surface area contributed by atoms with Gasteiger partial charge in [-0.05, 0) is 40.5 Å². The van der Waals surface area contributed by atoms with Crippen molar-refractivity contribution in [2.24, 2.45) is 5.41 Å². The van der Waals surface area contributed by atoms with Gasteiger partial charge in [-0.2, -0.15) is 0 Å². The predicted octanol–water partition coefficient (Wildman–Crippen LogP) is 1.92. The highest BCUT2D eigenvalue weighted by Gasteiger charge is 2.37. The maximum Gasteiger partial charge on any atom is 0.0767 e. The molecular formula is C13H29NO2. The van der Waals surface area contributed by atoms with Gasteiger partial charge in [0.25, 0.3) is 0 Å². The minimum atomic E-state index is -0.782. The van der Waals surface area contributed by atoms with Crippen molar-refractivity contribution in [1.82, 2.24) is 5.32 Å². The first-order valence-corrected chi connectivity index (χ1v) is 6.22. The number of aliphatic hydroxyl groups is 2. The van der Waals surface area contributed by atoms with Crippen LogP contribution in [0.2, 0.25) is 0 Å². The molecule has 3 nitrogen and oxygen atoms in total. The maximum absolute atomic E-state index is 10.0. The van der Waals surface area contributed by atoms with E-state index in [1.54, 1.807) is 13.8 Å². The smallest absolute Gasteiger partial charge is 0.0767 e. The Morgan fingerprint density at radius 1 is 1.00 bits per heavy atom. The molecule has 0 radical (unpaired) electrons. The first-order valence-electron chi connectivity index (χ1n) is 6.22. The molecule has 0 fully saturated rings. The standard InChI is InChI=1S/C13H29NO2/c1-7-13(8-2,10-15)9-14-11(3,4)12(5,6)16/h14-16H,7-10H2,1-6H3. The van der Waals surface area contributed by atoms with E-state index in [2.05, 4.69) is 19.2 Å². The van der Waals surface area contributed by atoms with Gasteiger partial charge in [-0.3, -0.25) is 0 Å². The van der Waals surface area contributed by atoms with Gasteiger partial charge in [0, 0.05) is 24.1 Å². The molecule has 0 rings (SSSR count). The summed E-state index contributed by atoms with van der Waals surface area (Å²) in [6, 6.07) is 0. The summed E-state index contributed by atoms with van der Waals surface area (Å²) >= 11 is 0. The van der Waals surface area contributed by atoms with Gasteiger partial charge in [0.2, 0.25) is 0 Å². The Kier molecular flexibility index (Phi) is 5.44. The summed E-state index contributed by atoms with van der Waals surface area (Å²) in [6.45, 7) is 12.7. The Bertz CT molecular complexity index is 192. The van der Waals surface area contributed by atoms with Crippen LogP contribution in [0, 0.1) is 5.41 Å². The number of hydrogen-bond acceptors (Lipinski definition) is 3. The van der Waals surface area contributed by atoms with E-state index >= 15 is 0 Å². The summed E-state index contributed by atoms with van der Waals surface area (Å²) in [5.41, 5.74) is -1.21. The van der Waals surface area contributed by atoms with Crippen molar-refractivity contribution in [3.05, 3.63) is 0 Å². The average molecular weight is 231 g/mol. The average Bonchev–Trinajstić information content (AvgIpc) is 2.19. The molecule has 98 valence electrons. The van der Waals surface area contributed by atoms with E-state index < -0.39 is 5.60 Å². The highest BCUT2D eigenvalue weighted by atomic mass is 16.3. The fraction of sp³-hybridized carbons (Fsp3) is 1.00. The van der Waals surface area contributed by atoms with E-state index in [9.17, 15) is 10.2 Å². The second kappa shape index (κ2) is 5.48. The molecule has 0 heterocycles. The van der Waals surface area contributed by atoms with Crippen LogP contribution in [0.4, 0.5) is 0 Å². The summed E-state index contributed by atoms with van der Waals surface area (Å²) in [5, 5.41) is 22.9. The lowest BCUT2D eigenvalue weighted by Crippen LogP contribution is -2.58. The van der Waals surface area contributed by atoms with Crippen molar-refractivity contribution in [3.8, 4) is 0 Å². The van der Waals surface area contributed by atoms with Gasteiger partial charge in [0.1, 0.15) is 0 Å². The van der Waals surface area contributed by atoms with Crippen LogP contribution < -0.4 is 5.32 Å². The van der Waals surface area contributed by atoms with Crippen LogP contribution in [0.1, 0.15) is 54.4 Å². The van der Waals surface area contributed by atoms with E-state index in [-0.39, 0.29) is 17.6 Å². The van der Waals surface area contributed by atoms with Crippen molar-refractivity contribution in [2.75, 3.05) is 13.2 Å². The predicted molar refractivity (Wildman–Crippen MR) is 68.5 cm³/mol. The van der Waals surface area contributed by atoms with Crippen LogP contribution in [0.15, 0.2) is 0 Å². The monoisotopic (exact) mass is 231 g/mol. The van der Waals surface area contributed by atoms with Crippen molar-refractivity contribution in [2.45, 2.75) is 65.5 Å². The fourth-order valence-corrected chi connectivity index (χ4v) is 1.40. The first-order chi connectivity index (χ1) is 7.14. The third kappa shape index (κ3) is 3.72. The summed E-state index contributed by atoms with van der Waals surface area (Å²) in [7, 11) is 0. The Morgan fingerprint density at radius 2 is 1.44 bits per heavy atom. The molecular weight excluding hydrogens is 202 g/mol. The molecule has 0 aliphatic heterocycles.